The van der Waals surface area contributed by atoms with Gasteiger partial charge in [-0.25, -0.2) is 4.39 Å². The Kier molecular flexibility index (Phi) is 7.11. The Hall–Kier alpha value is -5.63. The van der Waals surface area contributed by atoms with Gasteiger partial charge in [0.15, 0.2) is 0 Å². The van der Waals surface area contributed by atoms with Gasteiger partial charge in [-0.1, -0.05) is 29.8 Å². The minimum absolute atomic E-state index is 0.140. The van der Waals surface area contributed by atoms with Crippen molar-refractivity contribution >= 4 is 21.9 Å². The summed E-state index contributed by atoms with van der Waals surface area (Å²) in [6, 6.07) is 27.6. The van der Waals surface area contributed by atoms with E-state index in [1.807, 2.05) is 43.3 Å². The second-order valence-corrected chi connectivity index (χ2v) is 7.97. The summed E-state index contributed by atoms with van der Waals surface area (Å²) in [5.41, 5.74) is 1.20. The molecule has 0 spiro atoms. The number of nitriles is 4. The first-order valence-corrected chi connectivity index (χ1v) is 11.0. The van der Waals surface area contributed by atoms with Crippen molar-refractivity contribution < 1.29 is 13.9 Å². The molecule has 0 bridgehead atoms. The molecule has 0 amide bonds. The first-order valence-electron chi connectivity index (χ1n) is 11.0. The second kappa shape index (κ2) is 10.7. The Bertz CT molecular complexity index is 1770. The third kappa shape index (κ3) is 4.94. The smallest absolute Gasteiger partial charge is 0.144 e. The third-order valence-electron chi connectivity index (χ3n) is 5.63. The summed E-state index contributed by atoms with van der Waals surface area (Å²) in [4.78, 5) is 0. The van der Waals surface area contributed by atoms with Crippen LogP contribution in [-0.2, 0) is 6.67 Å². The van der Waals surface area contributed by atoms with Crippen LogP contribution in [0.1, 0.15) is 11.1 Å². The Balaban J connectivity index is 2.07. The number of aryl methyl sites for hydroxylation is 1. The van der Waals surface area contributed by atoms with E-state index in [0.29, 0.717) is 27.8 Å². The van der Waals surface area contributed by atoms with Crippen LogP contribution in [0.3, 0.4) is 0 Å². The van der Waals surface area contributed by atoms with Crippen LogP contribution in [0.25, 0.3) is 21.9 Å². The zero-order valence-electron chi connectivity index (χ0n) is 19.6. The fourth-order valence-corrected chi connectivity index (χ4v) is 3.74. The largest absolute Gasteiger partial charge is 0.456 e. The maximum atomic E-state index is 13.0. The first kappa shape index (κ1) is 24.5. The van der Waals surface area contributed by atoms with Crippen LogP contribution in [0.15, 0.2) is 72.8 Å². The van der Waals surface area contributed by atoms with Gasteiger partial charge in [0, 0.05) is 21.2 Å². The molecule has 0 aromatic heterocycles. The van der Waals surface area contributed by atoms with Crippen molar-refractivity contribution in [3.63, 3.8) is 0 Å². The van der Waals surface area contributed by atoms with Crippen molar-refractivity contribution in [3.8, 4) is 47.3 Å². The number of hydrogen-bond donors (Lipinski definition) is 0. The molecular formula is C30H17FN4O2. The summed E-state index contributed by atoms with van der Waals surface area (Å²) < 4.78 is 25.3. The standard InChI is InChI=1S/C30H17FN4O2/c1-19-2-6-23(7-3-19)36-29-25(21(15-32)16-33)10-13-28-27(29)12-11-26(22(17-34)18-35)30(28)37-24-8-4-20(14-31)5-9-24/h2-13H,14H2,1H3. The lowest BCUT2D eigenvalue weighted by molar-refractivity contribution is 0.474. The molecule has 0 aliphatic heterocycles. The fourth-order valence-electron chi connectivity index (χ4n) is 3.74. The molecule has 0 heterocycles. The maximum Gasteiger partial charge on any atom is 0.144 e. The maximum absolute atomic E-state index is 13.0. The zero-order chi connectivity index (χ0) is 26.4. The molecule has 176 valence electrons. The van der Waals surface area contributed by atoms with E-state index in [4.69, 9.17) is 9.47 Å². The monoisotopic (exact) mass is 484 g/mol. The van der Waals surface area contributed by atoms with Crippen LogP contribution in [0.5, 0.6) is 23.0 Å². The van der Waals surface area contributed by atoms with Gasteiger partial charge < -0.3 is 9.47 Å². The van der Waals surface area contributed by atoms with Gasteiger partial charge in [0.1, 0.15) is 65.1 Å². The minimum Gasteiger partial charge on any atom is -0.456 e. The number of ether oxygens (including phenoxy) is 2. The molecular weight excluding hydrogens is 467 g/mol. The van der Waals surface area contributed by atoms with Gasteiger partial charge in [-0.15, -0.1) is 0 Å². The number of rotatable bonds is 5. The second-order valence-electron chi connectivity index (χ2n) is 7.97. The Morgan fingerprint density at radius 1 is 0.622 bits per heavy atom. The zero-order valence-corrected chi connectivity index (χ0v) is 19.6. The lowest BCUT2D eigenvalue weighted by atomic mass is 10.0. The third-order valence-corrected chi connectivity index (χ3v) is 5.63. The van der Waals surface area contributed by atoms with Gasteiger partial charge in [-0.3, -0.25) is 0 Å². The van der Waals surface area contributed by atoms with Crippen LogP contribution >= 0.6 is 0 Å². The highest BCUT2D eigenvalue weighted by Crippen LogP contribution is 2.33. The summed E-state index contributed by atoms with van der Waals surface area (Å²) in [7, 11) is 0. The quantitative estimate of drug-likeness (QED) is 0.364. The van der Waals surface area contributed by atoms with Crippen LogP contribution < -0.4 is 19.9 Å². The molecule has 0 aliphatic carbocycles. The van der Waals surface area contributed by atoms with E-state index in [0.717, 1.165) is 5.56 Å². The van der Waals surface area contributed by atoms with Gasteiger partial charge in [0.2, 0.25) is 0 Å². The number of halogens is 1. The van der Waals surface area contributed by atoms with E-state index in [2.05, 4.69) is 0 Å². The highest BCUT2D eigenvalue weighted by Gasteiger charge is 2.16. The van der Waals surface area contributed by atoms with Crippen LogP contribution in [0.2, 0.25) is 0 Å². The highest BCUT2D eigenvalue weighted by atomic mass is 19.1. The summed E-state index contributed by atoms with van der Waals surface area (Å²) in [5.74, 6) is 1.32. The molecule has 0 saturated carbocycles. The van der Waals surface area contributed by atoms with E-state index < -0.39 is 6.67 Å². The summed E-state index contributed by atoms with van der Waals surface area (Å²) in [6.45, 7) is 1.31. The van der Waals surface area contributed by atoms with E-state index in [9.17, 15) is 25.4 Å². The van der Waals surface area contributed by atoms with Crippen molar-refractivity contribution in [2.24, 2.45) is 0 Å². The van der Waals surface area contributed by atoms with E-state index >= 15 is 0 Å². The van der Waals surface area contributed by atoms with Crippen LogP contribution in [0.4, 0.5) is 4.39 Å². The summed E-state index contributed by atoms with van der Waals surface area (Å²) in [5, 5.41) is 39.8. The molecule has 4 rings (SSSR count). The molecule has 0 N–H and O–H groups in total. The predicted octanol–water partition coefficient (Wildman–Crippen LogP) is 5.60. The average Bonchev–Trinajstić information content (AvgIpc) is 2.93. The van der Waals surface area contributed by atoms with Crippen molar-refractivity contribution in [1.29, 1.82) is 21.0 Å². The van der Waals surface area contributed by atoms with Crippen molar-refractivity contribution in [1.82, 2.24) is 0 Å². The summed E-state index contributed by atoms with van der Waals surface area (Å²) >= 11 is 0. The number of benzene rings is 4. The normalized spacial score (nSPS) is 9.89. The predicted molar refractivity (Wildman–Crippen MR) is 135 cm³/mol. The Labute approximate surface area is 212 Å². The lowest BCUT2D eigenvalue weighted by Gasteiger charge is -2.15. The molecule has 7 heteroatoms. The van der Waals surface area contributed by atoms with Gasteiger partial charge in [0.25, 0.3) is 0 Å². The molecule has 0 fully saturated rings. The summed E-state index contributed by atoms with van der Waals surface area (Å²) in [6.07, 6.45) is 0. The number of hydrogen-bond acceptors (Lipinski definition) is 6. The van der Waals surface area contributed by atoms with Gasteiger partial charge in [-0.05, 0) is 61.0 Å². The fraction of sp³-hybridized carbons (Fsp3) is 0.0667. The van der Waals surface area contributed by atoms with E-state index in [-0.39, 0.29) is 33.1 Å². The van der Waals surface area contributed by atoms with Crippen molar-refractivity contribution in [2.75, 3.05) is 0 Å². The Morgan fingerprint density at radius 2 is 1.03 bits per heavy atom. The lowest BCUT2D eigenvalue weighted by Crippen LogP contribution is -2.13. The number of alkyl halides is 1. The molecule has 4 aromatic rings. The SMILES string of the molecule is Cc1ccc(Oc2c(=C(C#N)C#N)ccc3c(Oc4ccc(CF)cc4)c(=C(C#N)C#N)ccc23)cc1. The molecule has 0 radical (unpaired) electrons. The van der Waals surface area contributed by atoms with E-state index in [1.54, 1.807) is 60.7 Å². The number of fused-ring (bicyclic) bond motifs is 1. The molecule has 37 heavy (non-hydrogen) atoms. The first-order chi connectivity index (χ1) is 18.0. The molecule has 0 atom stereocenters. The minimum atomic E-state index is -0.625. The van der Waals surface area contributed by atoms with Gasteiger partial charge in [-0.2, -0.15) is 21.0 Å². The van der Waals surface area contributed by atoms with E-state index in [1.165, 1.54) is 0 Å². The Morgan fingerprint density at radius 3 is 1.41 bits per heavy atom. The molecule has 0 saturated heterocycles. The molecule has 0 aliphatic rings. The van der Waals surface area contributed by atoms with Crippen molar-refractivity contribution in [2.45, 2.75) is 13.6 Å². The average molecular weight is 484 g/mol. The van der Waals surface area contributed by atoms with Gasteiger partial charge >= 0.3 is 0 Å². The van der Waals surface area contributed by atoms with Crippen molar-refractivity contribution in [3.05, 3.63) is 94.4 Å². The highest BCUT2D eigenvalue weighted by molar-refractivity contribution is 5.96. The van der Waals surface area contributed by atoms with Crippen LogP contribution in [-0.4, -0.2) is 0 Å². The van der Waals surface area contributed by atoms with Gasteiger partial charge in [0.05, 0.1) is 0 Å². The molecule has 4 aromatic carbocycles. The topological polar surface area (TPSA) is 114 Å². The van der Waals surface area contributed by atoms with Crippen LogP contribution in [0, 0.1) is 52.2 Å². The number of nitrogens with zero attached hydrogens (tertiary/aromatic N) is 4. The molecule has 0 unspecified atom stereocenters. The molecule has 6 nitrogen and oxygen atoms in total.